The van der Waals surface area contributed by atoms with Crippen LogP contribution in [0.25, 0.3) is 10.8 Å². The Morgan fingerprint density at radius 2 is 2.50 bits per heavy atom. The van der Waals surface area contributed by atoms with Crippen molar-refractivity contribution in [3.8, 4) is 10.8 Å². The van der Waals surface area contributed by atoms with Gasteiger partial charge >= 0.3 is 5.97 Å². The number of thioether (sulfide) groups is 1. The molecule has 0 radical (unpaired) electrons. The molecule has 2 heterocycles. The molecule has 18 heavy (non-hydrogen) atoms. The Bertz CT molecular complexity index is 512. The Hall–Kier alpha value is -1.38. The summed E-state index contributed by atoms with van der Waals surface area (Å²) in [6.07, 6.45) is 0. The molecule has 1 unspecified atom stereocenters. The maximum absolute atomic E-state index is 10.5. The van der Waals surface area contributed by atoms with Gasteiger partial charge in [-0.25, -0.2) is 0 Å². The van der Waals surface area contributed by atoms with E-state index in [0.717, 1.165) is 4.88 Å². The van der Waals surface area contributed by atoms with Crippen LogP contribution in [0.1, 0.15) is 5.82 Å². The SMILES string of the molecule is NC(CSCc1noc(-c2cccs2)n1)C(=O)O. The second kappa shape index (κ2) is 5.98. The average molecular weight is 285 g/mol. The van der Waals surface area contributed by atoms with E-state index < -0.39 is 12.0 Å². The molecule has 0 saturated heterocycles. The van der Waals surface area contributed by atoms with Gasteiger partial charge in [0.2, 0.25) is 0 Å². The van der Waals surface area contributed by atoms with Gasteiger partial charge in [-0.05, 0) is 11.4 Å². The highest BCUT2D eigenvalue weighted by Gasteiger charge is 2.13. The van der Waals surface area contributed by atoms with Gasteiger partial charge in [-0.15, -0.1) is 11.3 Å². The fourth-order valence-corrected chi connectivity index (χ4v) is 2.62. The van der Waals surface area contributed by atoms with Crippen molar-refractivity contribution in [1.29, 1.82) is 0 Å². The number of carboxylic acid groups (broad SMARTS) is 1. The Morgan fingerprint density at radius 1 is 1.67 bits per heavy atom. The van der Waals surface area contributed by atoms with Gasteiger partial charge < -0.3 is 15.4 Å². The van der Waals surface area contributed by atoms with Crippen molar-refractivity contribution in [2.24, 2.45) is 5.73 Å². The number of rotatable bonds is 6. The summed E-state index contributed by atoms with van der Waals surface area (Å²) in [6, 6.07) is 2.94. The van der Waals surface area contributed by atoms with E-state index in [0.29, 0.717) is 23.2 Å². The van der Waals surface area contributed by atoms with E-state index in [2.05, 4.69) is 10.1 Å². The lowest BCUT2D eigenvalue weighted by Gasteiger charge is -2.03. The van der Waals surface area contributed by atoms with Gasteiger partial charge in [0, 0.05) is 5.75 Å². The predicted molar refractivity (Wildman–Crippen MR) is 69.4 cm³/mol. The third-order valence-corrected chi connectivity index (χ3v) is 3.96. The van der Waals surface area contributed by atoms with Crippen LogP contribution in [-0.2, 0) is 10.5 Å². The first-order valence-electron chi connectivity index (χ1n) is 5.09. The molecule has 0 fully saturated rings. The molecular formula is C10H11N3O3S2. The molecule has 96 valence electrons. The first kappa shape index (κ1) is 13.1. The number of carbonyl (C=O) groups is 1. The van der Waals surface area contributed by atoms with E-state index in [4.69, 9.17) is 15.4 Å². The Balaban J connectivity index is 1.86. The quantitative estimate of drug-likeness (QED) is 0.827. The van der Waals surface area contributed by atoms with Crippen LogP contribution < -0.4 is 5.73 Å². The van der Waals surface area contributed by atoms with Gasteiger partial charge in [0.1, 0.15) is 6.04 Å². The third-order valence-electron chi connectivity index (χ3n) is 2.05. The molecule has 0 aromatic carbocycles. The van der Waals surface area contributed by atoms with Crippen molar-refractivity contribution in [2.45, 2.75) is 11.8 Å². The summed E-state index contributed by atoms with van der Waals surface area (Å²) in [5.74, 6) is 0.827. The van der Waals surface area contributed by atoms with Crippen LogP contribution in [0.2, 0.25) is 0 Å². The van der Waals surface area contributed by atoms with Gasteiger partial charge in [0.15, 0.2) is 5.82 Å². The zero-order valence-corrected chi connectivity index (χ0v) is 10.9. The second-order valence-electron chi connectivity index (χ2n) is 3.45. The van der Waals surface area contributed by atoms with E-state index in [1.807, 2.05) is 17.5 Å². The molecule has 3 N–H and O–H groups in total. The van der Waals surface area contributed by atoms with Crippen molar-refractivity contribution < 1.29 is 14.4 Å². The first-order valence-corrected chi connectivity index (χ1v) is 7.13. The smallest absolute Gasteiger partial charge is 0.321 e. The van der Waals surface area contributed by atoms with Crippen LogP contribution in [0, 0.1) is 0 Å². The number of carboxylic acids is 1. The molecule has 8 heteroatoms. The van der Waals surface area contributed by atoms with E-state index in [9.17, 15) is 4.79 Å². The average Bonchev–Trinajstić information content (AvgIpc) is 2.98. The number of aromatic nitrogens is 2. The largest absolute Gasteiger partial charge is 0.480 e. The minimum Gasteiger partial charge on any atom is -0.480 e. The molecule has 1 atom stereocenters. The summed E-state index contributed by atoms with van der Waals surface area (Å²) in [5, 5.41) is 14.4. The molecule has 0 aliphatic rings. The molecule has 2 aromatic heterocycles. The van der Waals surface area contributed by atoms with E-state index in [1.165, 1.54) is 23.1 Å². The lowest BCUT2D eigenvalue weighted by molar-refractivity contribution is -0.137. The summed E-state index contributed by atoms with van der Waals surface area (Å²) in [4.78, 5) is 15.7. The number of nitrogens with two attached hydrogens (primary N) is 1. The Morgan fingerprint density at radius 3 is 3.17 bits per heavy atom. The number of hydrogen-bond donors (Lipinski definition) is 2. The molecule has 0 bridgehead atoms. The summed E-state index contributed by atoms with van der Waals surface area (Å²) < 4.78 is 5.10. The van der Waals surface area contributed by atoms with Crippen molar-refractivity contribution in [3.63, 3.8) is 0 Å². The van der Waals surface area contributed by atoms with Gasteiger partial charge in [-0.3, -0.25) is 4.79 Å². The molecule has 0 aliphatic heterocycles. The highest BCUT2D eigenvalue weighted by molar-refractivity contribution is 7.98. The van der Waals surface area contributed by atoms with Gasteiger partial charge in [0.25, 0.3) is 5.89 Å². The normalized spacial score (nSPS) is 12.5. The maximum atomic E-state index is 10.5. The van der Waals surface area contributed by atoms with Crippen molar-refractivity contribution in [2.75, 3.05) is 5.75 Å². The predicted octanol–water partition coefficient (Wildman–Crippen LogP) is 1.44. The van der Waals surface area contributed by atoms with E-state index in [-0.39, 0.29) is 0 Å². The minimum atomic E-state index is -1.00. The zero-order chi connectivity index (χ0) is 13.0. The second-order valence-corrected chi connectivity index (χ2v) is 5.43. The summed E-state index contributed by atoms with van der Waals surface area (Å²) in [7, 11) is 0. The monoisotopic (exact) mass is 285 g/mol. The van der Waals surface area contributed by atoms with Crippen LogP contribution in [0.5, 0.6) is 0 Å². The molecule has 2 rings (SSSR count). The third kappa shape index (κ3) is 3.31. The van der Waals surface area contributed by atoms with E-state index >= 15 is 0 Å². The van der Waals surface area contributed by atoms with Crippen LogP contribution in [-0.4, -0.2) is 33.0 Å². The number of hydrogen-bond acceptors (Lipinski definition) is 7. The standard InChI is InChI=1S/C10H11N3O3S2/c11-6(10(14)15)4-17-5-8-12-9(16-13-8)7-2-1-3-18-7/h1-3,6H,4-5,11H2,(H,14,15). The fourth-order valence-electron chi connectivity index (χ4n) is 1.16. The minimum absolute atomic E-state index is 0.318. The van der Waals surface area contributed by atoms with Gasteiger partial charge in [-0.2, -0.15) is 16.7 Å². The lowest BCUT2D eigenvalue weighted by atomic mass is 10.4. The molecule has 2 aromatic rings. The Kier molecular flexibility index (Phi) is 4.34. The molecular weight excluding hydrogens is 274 g/mol. The van der Waals surface area contributed by atoms with Crippen LogP contribution in [0.15, 0.2) is 22.0 Å². The van der Waals surface area contributed by atoms with Crippen molar-refractivity contribution in [3.05, 3.63) is 23.3 Å². The number of aliphatic carboxylic acids is 1. The maximum Gasteiger partial charge on any atom is 0.321 e. The zero-order valence-electron chi connectivity index (χ0n) is 9.28. The Labute approximate surface area is 111 Å². The van der Waals surface area contributed by atoms with Crippen LogP contribution >= 0.6 is 23.1 Å². The summed E-state index contributed by atoms with van der Waals surface area (Å²) >= 11 is 2.89. The fraction of sp³-hybridized carbons (Fsp3) is 0.300. The number of nitrogens with zero attached hydrogens (tertiary/aromatic N) is 2. The van der Waals surface area contributed by atoms with Gasteiger partial charge in [0.05, 0.1) is 10.6 Å². The summed E-state index contributed by atoms with van der Waals surface area (Å²) in [6.45, 7) is 0. The molecule has 0 aliphatic carbocycles. The van der Waals surface area contributed by atoms with Crippen molar-refractivity contribution in [1.82, 2.24) is 10.1 Å². The van der Waals surface area contributed by atoms with Crippen molar-refractivity contribution >= 4 is 29.1 Å². The van der Waals surface area contributed by atoms with Gasteiger partial charge in [-0.1, -0.05) is 11.2 Å². The highest BCUT2D eigenvalue weighted by atomic mass is 32.2. The van der Waals surface area contributed by atoms with Crippen LogP contribution in [0.3, 0.4) is 0 Å². The lowest BCUT2D eigenvalue weighted by Crippen LogP contribution is -2.32. The highest BCUT2D eigenvalue weighted by Crippen LogP contribution is 2.23. The molecule has 0 amide bonds. The topological polar surface area (TPSA) is 102 Å². The molecule has 0 saturated carbocycles. The first-order chi connectivity index (χ1) is 8.66. The molecule has 6 nitrogen and oxygen atoms in total. The molecule has 0 spiro atoms. The van der Waals surface area contributed by atoms with E-state index in [1.54, 1.807) is 0 Å². The summed E-state index contributed by atoms with van der Waals surface area (Å²) in [5.41, 5.74) is 5.38. The number of thiophene rings is 1. The van der Waals surface area contributed by atoms with Crippen LogP contribution in [0.4, 0.5) is 0 Å².